The summed E-state index contributed by atoms with van der Waals surface area (Å²) in [5.41, 5.74) is 7.08. The van der Waals surface area contributed by atoms with E-state index in [2.05, 4.69) is 253 Å². The first-order valence-electron chi connectivity index (χ1n) is 23.8. The normalized spacial score (nSPS) is 15.9. The molecule has 2 atom stereocenters. The molecule has 0 radical (unpaired) electrons. The van der Waals surface area contributed by atoms with Crippen LogP contribution in [0.25, 0.3) is 97.0 Å². The predicted octanol–water partition coefficient (Wildman–Crippen LogP) is 18.4. The summed E-state index contributed by atoms with van der Waals surface area (Å²) in [7, 11) is 0. The number of para-hydroxylation sites is 2. The van der Waals surface area contributed by atoms with Gasteiger partial charge in [0.15, 0.2) is 0 Å². The molecule has 0 heterocycles. The molecular weight excluding hydrogens is 821 g/mol. The van der Waals surface area contributed by atoms with Crippen molar-refractivity contribution in [3.05, 3.63) is 248 Å². The van der Waals surface area contributed by atoms with Crippen LogP contribution in [0.3, 0.4) is 0 Å². The van der Waals surface area contributed by atoms with Crippen LogP contribution in [0.15, 0.2) is 248 Å². The summed E-state index contributed by atoms with van der Waals surface area (Å²) in [4.78, 5) is 4.88. The fourth-order valence-corrected chi connectivity index (χ4v) is 12.2. The van der Waals surface area contributed by atoms with Gasteiger partial charge in [0, 0.05) is 45.7 Å². The van der Waals surface area contributed by atoms with Crippen molar-refractivity contribution in [1.29, 1.82) is 0 Å². The van der Waals surface area contributed by atoms with E-state index in [4.69, 9.17) is 0 Å². The van der Waals surface area contributed by atoms with Crippen molar-refractivity contribution in [3.63, 3.8) is 0 Å². The molecule has 0 saturated heterocycles. The molecule has 2 heteroatoms. The van der Waals surface area contributed by atoms with Crippen LogP contribution in [-0.2, 0) is 0 Å². The lowest BCUT2D eigenvalue weighted by atomic mass is 9.82. The van der Waals surface area contributed by atoms with Crippen molar-refractivity contribution < 1.29 is 0 Å². The van der Waals surface area contributed by atoms with E-state index in [9.17, 15) is 0 Å². The Morgan fingerprint density at radius 3 is 1.56 bits per heavy atom. The number of benzene rings is 11. The number of rotatable bonds is 6. The van der Waals surface area contributed by atoms with Gasteiger partial charge in [-0.3, -0.25) is 0 Å². The van der Waals surface area contributed by atoms with E-state index in [0.717, 1.165) is 11.4 Å². The Hall–Kier alpha value is -8.72. The van der Waals surface area contributed by atoms with Crippen molar-refractivity contribution in [1.82, 2.24) is 0 Å². The van der Waals surface area contributed by atoms with Crippen LogP contribution < -0.4 is 9.80 Å². The van der Waals surface area contributed by atoms with E-state index in [0.29, 0.717) is 5.92 Å². The average molecular weight is 863 g/mol. The number of anilines is 5. The highest BCUT2D eigenvalue weighted by atomic mass is 15.2. The number of hydrogen-bond donors (Lipinski definition) is 0. The molecule has 13 aromatic carbocycles. The minimum absolute atomic E-state index is 0.270. The van der Waals surface area contributed by atoms with Gasteiger partial charge in [-0.1, -0.05) is 158 Å². The first-order chi connectivity index (χ1) is 33.7. The maximum atomic E-state index is 2.50. The zero-order valence-electron chi connectivity index (χ0n) is 37.1. The van der Waals surface area contributed by atoms with Crippen molar-refractivity contribution >= 4 is 125 Å². The van der Waals surface area contributed by atoms with Gasteiger partial charge < -0.3 is 9.80 Å². The number of nitrogens with zero attached hydrogens (tertiary/aromatic N) is 2. The predicted molar refractivity (Wildman–Crippen MR) is 292 cm³/mol. The second-order valence-electron chi connectivity index (χ2n) is 18.7. The fraction of sp³-hybridized carbons (Fsp3) is 0.0303. The van der Waals surface area contributed by atoms with Gasteiger partial charge in [-0.2, -0.15) is 0 Å². The van der Waals surface area contributed by atoms with E-state index in [-0.39, 0.29) is 5.92 Å². The highest BCUT2D eigenvalue weighted by molar-refractivity contribution is 6.41. The third-order valence-electron chi connectivity index (χ3n) is 15.2. The molecule has 0 amide bonds. The van der Waals surface area contributed by atoms with E-state index in [1.807, 2.05) is 0 Å². The summed E-state index contributed by atoms with van der Waals surface area (Å²) in [5, 5.41) is 23.3. The fourth-order valence-electron chi connectivity index (χ4n) is 12.2. The molecule has 2 nitrogen and oxygen atoms in total. The van der Waals surface area contributed by atoms with Crippen molar-refractivity contribution in [2.45, 2.75) is 0 Å². The summed E-state index contributed by atoms with van der Waals surface area (Å²) >= 11 is 0. The molecule has 2 unspecified atom stereocenters. The maximum absolute atomic E-state index is 2.50. The molecule has 316 valence electrons. The number of fused-ring (bicyclic) bond motifs is 12. The SMILES string of the molecule is C1=CC2C=CC=C(N(c3ccccc3)c3ccc4cc5c(cc4c3)c3cccc4c6cc7c8ccc(N(c9ccccc9)c9cccc%10ccccc9%10)cc8c8cccc(c6cc5c34)c87)C2C=C1. The zero-order chi connectivity index (χ0) is 44.5. The Balaban J connectivity index is 0.919. The molecule has 0 aliphatic heterocycles. The molecule has 0 N–H and O–H groups in total. The Morgan fingerprint density at radius 1 is 0.279 bits per heavy atom. The summed E-state index contributed by atoms with van der Waals surface area (Å²) in [6.45, 7) is 0. The van der Waals surface area contributed by atoms with Gasteiger partial charge in [-0.05, 0) is 177 Å². The van der Waals surface area contributed by atoms with Gasteiger partial charge in [0.2, 0.25) is 0 Å². The first-order valence-corrected chi connectivity index (χ1v) is 23.8. The summed E-state index contributed by atoms with van der Waals surface area (Å²) < 4.78 is 0. The van der Waals surface area contributed by atoms with Crippen LogP contribution in [0.5, 0.6) is 0 Å². The second-order valence-corrected chi connectivity index (χ2v) is 18.7. The smallest absolute Gasteiger partial charge is 0.0540 e. The van der Waals surface area contributed by atoms with E-state index < -0.39 is 0 Å². The summed E-state index contributed by atoms with van der Waals surface area (Å²) in [5.74, 6) is 0.616. The Morgan fingerprint density at radius 2 is 0.809 bits per heavy atom. The van der Waals surface area contributed by atoms with Crippen LogP contribution in [-0.4, -0.2) is 0 Å². The lowest BCUT2D eigenvalue weighted by Gasteiger charge is -2.36. The van der Waals surface area contributed by atoms with E-state index in [1.165, 1.54) is 120 Å². The average Bonchev–Trinajstić information content (AvgIpc) is 3.89. The Labute approximate surface area is 393 Å². The zero-order valence-corrected chi connectivity index (χ0v) is 37.1. The second kappa shape index (κ2) is 14.4. The topological polar surface area (TPSA) is 6.48 Å². The molecule has 2 aliphatic rings. The lowest BCUT2D eigenvalue weighted by Crippen LogP contribution is -2.27. The highest BCUT2D eigenvalue weighted by Gasteiger charge is 2.29. The summed E-state index contributed by atoms with van der Waals surface area (Å²) in [6, 6.07) is 74.9. The van der Waals surface area contributed by atoms with Crippen LogP contribution >= 0.6 is 0 Å². The monoisotopic (exact) mass is 862 g/mol. The van der Waals surface area contributed by atoms with E-state index in [1.54, 1.807) is 0 Å². The largest absolute Gasteiger partial charge is 0.314 e. The molecule has 0 bridgehead atoms. The lowest BCUT2D eigenvalue weighted by molar-refractivity contribution is 0.612. The van der Waals surface area contributed by atoms with Crippen LogP contribution in [0.1, 0.15) is 0 Å². The molecule has 0 saturated carbocycles. The van der Waals surface area contributed by atoms with E-state index >= 15 is 0 Å². The van der Waals surface area contributed by atoms with Crippen molar-refractivity contribution in [2.24, 2.45) is 11.8 Å². The number of hydrogen-bond acceptors (Lipinski definition) is 2. The quantitative estimate of drug-likeness (QED) is 0.154. The van der Waals surface area contributed by atoms with Gasteiger partial charge >= 0.3 is 0 Å². The van der Waals surface area contributed by atoms with Gasteiger partial charge in [-0.25, -0.2) is 0 Å². The van der Waals surface area contributed by atoms with Crippen molar-refractivity contribution in [2.75, 3.05) is 9.80 Å². The summed E-state index contributed by atoms with van der Waals surface area (Å²) in [6.07, 6.45) is 15.9. The van der Waals surface area contributed by atoms with Crippen molar-refractivity contribution in [3.8, 4) is 0 Å². The Kier molecular flexibility index (Phi) is 7.93. The molecule has 2 aliphatic carbocycles. The number of allylic oxidation sites excluding steroid dienone is 7. The molecule has 68 heavy (non-hydrogen) atoms. The first kappa shape index (κ1) is 37.5. The molecule has 15 rings (SSSR count). The van der Waals surface area contributed by atoms with Gasteiger partial charge in [0.05, 0.1) is 5.69 Å². The van der Waals surface area contributed by atoms with Gasteiger partial charge in [0.25, 0.3) is 0 Å². The molecule has 0 aromatic heterocycles. The minimum atomic E-state index is 0.270. The van der Waals surface area contributed by atoms with Crippen LogP contribution in [0, 0.1) is 11.8 Å². The molecule has 0 fully saturated rings. The standard InChI is InChI=1S/C66H42N2/c1-3-19-45(20-4-1)67(63-29-11-17-41-15-7-9-23-49(41)63)47-32-31-43-36-57-56(37-44(43)35-47)52-25-13-28-55-59-39-61-51-34-33-48(38-58(51)53-26-14-27-54(65(53)61)60(59)40-62(57)66(52)55)68(46-21-5-2-6-22-46)64-30-12-18-42-16-8-10-24-50(42)64/h1-41,49H. The van der Waals surface area contributed by atoms with Crippen LogP contribution in [0.2, 0.25) is 0 Å². The molecular formula is C66H42N2. The highest BCUT2D eigenvalue weighted by Crippen LogP contribution is 2.50. The third-order valence-corrected chi connectivity index (χ3v) is 15.2. The molecule has 13 aromatic rings. The minimum Gasteiger partial charge on any atom is -0.314 e. The van der Waals surface area contributed by atoms with Crippen LogP contribution in [0.4, 0.5) is 28.4 Å². The Bertz CT molecular complexity index is 4320. The van der Waals surface area contributed by atoms with Gasteiger partial charge in [0.1, 0.15) is 0 Å². The third kappa shape index (κ3) is 5.40. The molecule has 0 spiro atoms. The van der Waals surface area contributed by atoms with Gasteiger partial charge in [-0.15, -0.1) is 0 Å². The maximum Gasteiger partial charge on any atom is 0.0540 e.